The van der Waals surface area contributed by atoms with Gasteiger partial charge in [0.15, 0.2) is 0 Å². The van der Waals surface area contributed by atoms with Crippen LogP contribution in [0.4, 0.5) is 0 Å². The van der Waals surface area contributed by atoms with E-state index < -0.39 is 0 Å². The van der Waals surface area contributed by atoms with E-state index in [0.29, 0.717) is 0 Å². The van der Waals surface area contributed by atoms with Gasteiger partial charge in [0, 0.05) is 19.1 Å². The van der Waals surface area contributed by atoms with Gasteiger partial charge in [-0.05, 0) is 31.8 Å². The molecule has 0 aromatic rings. The second-order valence-corrected chi connectivity index (χ2v) is 4.81. The van der Waals surface area contributed by atoms with Gasteiger partial charge in [-0.1, -0.05) is 33.6 Å². The van der Waals surface area contributed by atoms with Crippen molar-refractivity contribution in [1.82, 2.24) is 10.2 Å². The molecule has 0 aromatic heterocycles. The van der Waals surface area contributed by atoms with Crippen molar-refractivity contribution in [2.45, 2.75) is 52.5 Å². The van der Waals surface area contributed by atoms with E-state index in [1.54, 1.807) is 0 Å². The number of rotatable bonds is 7. The van der Waals surface area contributed by atoms with Crippen LogP contribution >= 0.6 is 0 Å². The minimum absolute atomic E-state index is 0.784. The Bertz CT molecular complexity index is 159. The van der Waals surface area contributed by atoms with E-state index in [4.69, 9.17) is 0 Å². The second-order valence-electron chi connectivity index (χ2n) is 4.81. The summed E-state index contributed by atoms with van der Waals surface area (Å²) in [4.78, 5) is 2.71. The van der Waals surface area contributed by atoms with Crippen molar-refractivity contribution < 1.29 is 0 Å². The Morgan fingerprint density at radius 3 is 2.67 bits per heavy atom. The Morgan fingerprint density at radius 1 is 1.33 bits per heavy atom. The van der Waals surface area contributed by atoms with Gasteiger partial charge in [0.2, 0.25) is 0 Å². The Balaban J connectivity index is 2.34. The van der Waals surface area contributed by atoms with Gasteiger partial charge in [-0.15, -0.1) is 0 Å². The van der Waals surface area contributed by atoms with Gasteiger partial charge in [-0.25, -0.2) is 0 Å². The Hall–Kier alpha value is -0.0800. The van der Waals surface area contributed by atoms with Gasteiger partial charge in [0.05, 0.1) is 0 Å². The number of nitrogens with zero attached hydrogens (tertiary/aromatic N) is 1. The van der Waals surface area contributed by atoms with Gasteiger partial charge in [-0.3, -0.25) is 4.90 Å². The molecule has 90 valence electrons. The average Bonchev–Trinajstić information content (AvgIpc) is 2.72. The fraction of sp³-hybridized carbons (Fsp3) is 1.00. The van der Waals surface area contributed by atoms with Crippen molar-refractivity contribution >= 4 is 0 Å². The Labute approximate surface area is 95.4 Å². The van der Waals surface area contributed by atoms with Crippen molar-refractivity contribution in [3.8, 4) is 0 Å². The van der Waals surface area contributed by atoms with E-state index in [0.717, 1.165) is 18.5 Å². The van der Waals surface area contributed by atoms with Crippen molar-refractivity contribution in [2.75, 3.05) is 26.2 Å². The fourth-order valence-corrected chi connectivity index (χ4v) is 2.59. The molecule has 1 fully saturated rings. The largest absolute Gasteiger partial charge is 0.315 e. The van der Waals surface area contributed by atoms with Crippen molar-refractivity contribution in [3.05, 3.63) is 0 Å². The predicted octanol–water partition coefficient (Wildman–Crippen LogP) is 2.50. The molecule has 15 heavy (non-hydrogen) atoms. The summed E-state index contributed by atoms with van der Waals surface area (Å²) in [6.07, 6.45) is 5.44. The summed E-state index contributed by atoms with van der Waals surface area (Å²) in [6, 6.07) is 0.784. The maximum atomic E-state index is 3.50. The highest BCUT2D eigenvalue weighted by Gasteiger charge is 2.26. The molecule has 0 radical (unpaired) electrons. The number of nitrogens with one attached hydrogen (secondary N) is 1. The van der Waals surface area contributed by atoms with Gasteiger partial charge < -0.3 is 5.32 Å². The zero-order valence-corrected chi connectivity index (χ0v) is 10.8. The number of likely N-dealkylation sites (tertiary alicyclic amines) is 1. The van der Waals surface area contributed by atoms with Crippen molar-refractivity contribution in [2.24, 2.45) is 5.92 Å². The van der Waals surface area contributed by atoms with Crippen LogP contribution in [-0.2, 0) is 0 Å². The summed E-state index contributed by atoms with van der Waals surface area (Å²) >= 11 is 0. The summed E-state index contributed by atoms with van der Waals surface area (Å²) < 4.78 is 0. The first kappa shape index (κ1) is 13.0. The van der Waals surface area contributed by atoms with E-state index in [9.17, 15) is 0 Å². The van der Waals surface area contributed by atoms with E-state index >= 15 is 0 Å². The van der Waals surface area contributed by atoms with Crippen LogP contribution < -0.4 is 5.32 Å². The van der Waals surface area contributed by atoms with E-state index in [1.165, 1.54) is 45.3 Å². The minimum atomic E-state index is 0.784. The molecule has 0 spiro atoms. The molecule has 0 aliphatic carbocycles. The predicted molar refractivity (Wildman–Crippen MR) is 67.2 cm³/mol. The third-order valence-electron chi connectivity index (χ3n) is 3.66. The van der Waals surface area contributed by atoms with Crippen LogP contribution in [0, 0.1) is 5.92 Å². The molecule has 0 bridgehead atoms. The highest BCUT2D eigenvalue weighted by Crippen LogP contribution is 2.22. The van der Waals surface area contributed by atoms with Gasteiger partial charge in [-0.2, -0.15) is 0 Å². The topological polar surface area (TPSA) is 15.3 Å². The zero-order valence-electron chi connectivity index (χ0n) is 10.8. The van der Waals surface area contributed by atoms with Crippen molar-refractivity contribution in [1.29, 1.82) is 0 Å². The number of hydrogen-bond donors (Lipinski definition) is 1. The SMILES string of the molecule is CCCC(CNCC)N1CCC(CC)C1. The van der Waals surface area contributed by atoms with E-state index in [2.05, 4.69) is 31.0 Å². The molecule has 1 aliphatic rings. The molecule has 1 aliphatic heterocycles. The highest BCUT2D eigenvalue weighted by atomic mass is 15.2. The second kappa shape index (κ2) is 7.24. The number of hydrogen-bond acceptors (Lipinski definition) is 2. The lowest BCUT2D eigenvalue weighted by molar-refractivity contribution is 0.215. The first-order valence-corrected chi connectivity index (χ1v) is 6.76. The van der Waals surface area contributed by atoms with E-state index in [1.807, 2.05) is 0 Å². The smallest absolute Gasteiger partial charge is 0.0220 e. The first-order valence-electron chi connectivity index (χ1n) is 6.76. The summed E-state index contributed by atoms with van der Waals surface area (Å²) in [7, 11) is 0. The van der Waals surface area contributed by atoms with Crippen LogP contribution in [0.5, 0.6) is 0 Å². The van der Waals surface area contributed by atoms with Crippen LogP contribution in [0.25, 0.3) is 0 Å². The van der Waals surface area contributed by atoms with Crippen LogP contribution in [0.15, 0.2) is 0 Å². The van der Waals surface area contributed by atoms with Crippen LogP contribution in [0.1, 0.15) is 46.5 Å². The molecular formula is C13H28N2. The fourth-order valence-electron chi connectivity index (χ4n) is 2.59. The standard InChI is InChI=1S/C13H28N2/c1-4-7-13(10-14-6-3)15-9-8-12(5-2)11-15/h12-14H,4-11H2,1-3H3. The molecule has 0 saturated carbocycles. The molecule has 2 unspecified atom stereocenters. The molecule has 2 atom stereocenters. The lowest BCUT2D eigenvalue weighted by atomic mass is 10.1. The number of likely N-dealkylation sites (N-methyl/N-ethyl adjacent to an activating group) is 1. The molecule has 2 heteroatoms. The third kappa shape index (κ3) is 4.12. The maximum Gasteiger partial charge on any atom is 0.0220 e. The van der Waals surface area contributed by atoms with Crippen molar-refractivity contribution in [3.63, 3.8) is 0 Å². The molecule has 1 saturated heterocycles. The maximum absolute atomic E-state index is 3.50. The van der Waals surface area contributed by atoms with Gasteiger partial charge in [0.25, 0.3) is 0 Å². The highest BCUT2D eigenvalue weighted by molar-refractivity contribution is 4.81. The average molecular weight is 212 g/mol. The quantitative estimate of drug-likeness (QED) is 0.697. The molecule has 0 aromatic carbocycles. The summed E-state index contributed by atoms with van der Waals surface area (Å²) in [5, 5.41) is 3.50. The molecule has 1 rings (SSSR count). The lowest BCUT2D eigenvalue weighted by Crippen LogP contribution is -2.41. The van der Waals surface area contributed by atoms with Crippen LogP contribution in [0.2, 0.25) is 0 Å². The lowest BCUT2D eigenvalue weighted by Gasteiger charge is -2.28. The molecule has 1 N–H and O–H groups in total. The molecule has 2 nitrogen and oxygen atoms in total. The monoisotopic (exact) mass is 212 g/mol. The van der Waals surface area contributed by atoms with Crippen LogP contribution in [0.3, 0.4) is 0 Å². The molecular weight excluding hydrogens is 184 g/mol. The third-order valence-corrected chi connectivity index (χ3v) is 3.66. The zero-order chi connectivity index (χ0) is 11.1. The van der Waals surface area contributed by atoms with Gasteiger partial charge >= 0.3 is 0 Å². The summed E-state index contributed by atoms with van der Waals surface area (Å²) in [5.41, 5.74) is 0. The Morgan fingerprint density at radius 2 is 2.13 bits per heavy atom. The summed E-state index contributed by atoms with van der Waals surface area (Å²) in [5.74, 6) is 0.964. The normalized spacial score (nSPS) is 24.6. The molecule has 1 heterocycles. The first-order chi connectivity index (χ1) is 7.31. The molecule has 0 amide bonds. The summed E-state index contributed by atoms with van der Waals surface area (Å²) in [6.45, 7) is 11.8. The Kier molecular flexibility index (Phi) is 6.26. The van der Waals surface area contributed by atoms with Gasteiger partial charge in [0.1, 0.15) is 0 Å². The van der Waals surface area contributed by atoms with Crippen LogP contribution in [-0.4, -0.2) is 37.1 Å². The van der Waals surface area contributed by atoms with E-state index in [-0.39, 0.29) is 0 Å². The minimum Gasteiger partial charge on any atom is -0.315 e.